The van der Waals surface area contributed by atoms with Gasteiger partial charge in [0, 0.05) is 12.5 Å². The maximum absolute atomic E-state index is 13.5. The fraction of sp³-hybridized carbons (Fsp3) is 0.625. The van der Waals surface area contributed by atoms with Gasteiger partial charge in [-0.15, -0.1) is 0 Å². The number of hydrogen-bond acceptors (Lipinski definition) is 1. The van der Waals surface area contributed by atoms with Gasteiger partial charge in [-0.1, -0.05) is 44.6 Å². The van der Waals surface area contributed by atoms with Gasteiger partial charge in [-0.05, 0) is 24.0 Å². The predicted octanol–water partition coefficient (Wildman–Crippen LogP) is 4.23. The molecule has 106 valence electrons. The van der Waals surface area contributed by atoms with Gasteiger partial charge < -0.3 is 5.11 Å². The van der Waals surface area contributed by atoms with Crippen LogP contribution in [0.1, 0.15) is 50.5 Å². The van der Waals surface area contributed by atoms with Crippen LogP contribution in [0.25, 0.3) is 0 Å². The molecule has 19 heavy (non-hydrogen) atoms. The molecular formula is C16H22F2O. The highest BCUT2D eigenvalue weighted by Crippen LogP contribution is 2.27. The van der Waals surface area contributed by atoms with Gasteiger partial charge in [0.25, 0.3) is 0 Å². The molecule has 0 heterocycles. The van der Waals surface area contributed by atoms with E-state index in [1.54, 1.807) is 0 Å². The Morgan fingerprint density at radius 2 is 1.79 bits per heavy atom. The van der Waals surface area contributed by atoms with E-state index in [-0.39, 0.29) is 6.42 Å². The highest BCUT2D eigenvalue weighted by Gasteiger charge is 2.18. The Bertz CT molecular complexity index is 398. The lowest BCUT2D eigenvalue weighted by atomic mass is 9.91. The molecule has 0 bridgehead atoms. The van der Waals surface area contributed by atoms with E-state index in [2.05, 4.69) is 0 Å². The van der Waals surface area contributed by atoms with Crippen LogP contribution in [0.5, 0.6) is 0 Å². The van der Waals surface area contributed by atoms with Crippen molar-refractivity contribution in [2.75, 3.05) is 0 Å². The Morgan fingerprint density at radius 1 is 1.11 bits per heavy atom. The van der Waals surface area contributed by atoms with Crippen molar-refractivity contribution in [1.29, 1.82) is 0 Å². The van der Waals surface area contributed by atoms with Crippen molar-refractivity contribution in [2.24, 2.45) is 5.92 Å². The van der Waals surface area contributed by atoms with E-state index < -0.39 is 17.7 Å². The van der Waals surface area contributed by atoms with E-state index in [9.17, 15) is 13.9 Å². The van der Waals surface area contributed by atoms with Gasteiger partial charge in [-0.25, -0.2) is 8.78 Å². The summed E-state index contributed by atoms with van der Waals surface area (Å²) in [7, 11) is 0. The molecule has 0 spiro atoms. The molecule has 3 heteroatoms. The van der Waals surface area contributed by atoms with Crippen LogP contribution in [0.4, 0.5) is 8.78 Å². The number of aliphatic hydroxyl groups is 1. The summed E-state index contributed by atoms with van der Waals surface area (Å²) in [4.78, 5) is 0. The number of rotatable bonds is 4. The standard InChI is InChI=1S/C16H22F2O/c17-14-8-7-13(16(18)11-14)10-15(19)9-12-5-3-1-2-4-6-12/h7-8,11-12,15,19H,1-6,9-10H2. The van der Waals surface area contributed by atoms with Crippen LogP contribution < -0.4 is 0 Å². The zero-order valence-corrected chi connectivity index (χ0v) is 11.2. The van der Waals surface area contributed by atoms with Gasteiger partial charge in [0.1, 0.15) is 11.6 Å². The molecule has 1 atom stereocenters. The lowest BCUT2D eigenvalue weighted by Crippen LogP contribution is -2.17. The topological polar surface area (TPSA) is 20.2 Å². The molecule has 0 radical (unpaired) electrons. The van der Waals surface area contributed by atoms with E-state index in [0.717, 1.165) is 12.5 Å². The summed E-state index contributed by atoms with van der Waals surface area (Å²) in [6, 6.07) is 3.56. The SMILES string of the molecule is OC(Cc1ccc(F)cc1F)CC1CCCCCC1. The van der Waals surface area contributed by atoms with Gasteiger partial charge in [-0.2, -0.15) is 0 Å². The summed E-state index contributed by atoms with van der Waals surface area (Å²) in [6.45, 7) is 0. The Labute approximate surface area is 113 Å². The van der Waals surface area contributed by atoms with E-state index in [4.69, 9.17) is 0 Å². The molecular weight excluding hydrogens is 246 g/mol. The third-order valence-corrected chi connectivity index (χ3v) is 4.05. The van der Waals surface area contributed by atoms with Gasteiger partial charge in [-0.3, -0.25) is 0 Å². The Balaban J connectivity index is 1.87. The van der Waals surface area contributed by atoms with E-state index in [1.165, 1.54) is 50.7 Å². The minimum absolute atomic E-state index is 0.280. The number of benzene rings is 1. The minimum atomic E-state index is -0.570. The highest BCUT2D eigenvalue weighted by molar-refractivity contribution is 5.19. The van der Waals surface area contributed by atoms with Crippen molar-refractivity contribution in [3.63, 3.8) is 0 Å². The first-order valence-corrected chi connectivity index (χ1v) is 7.27. The van der Waals surface area contributed by atoms with Crippen LogP contribution in [-0.4, -0.2) is 11.2 Å². The lowest BCUT2D eigenvalue weighted by molar-refractivity contribution is 0.136. The first-order chi connectivity index (χ1) is 9.15. The fourth-order valence-electron chi connectivity index (χ4n) is 3.01. The van der Waals surface area contributed by atoms with Crippen LogP contribution in [0.15, 0.2) is 18.2 Å². The Kier molecular flexibility index (Phi) is 5.32. The molecule has 0 aliphatic heterocycles. The van der Waals surface area contributed by atoms with E-state index >= 15 is 0 Å². The Hall–Kier alpha value is -0.960. The third kappa shape index (κ3) is 4.57. The molecule has 1 saturated carbocycles. The highest BCUT2D eigenvalue weighted by atomic mass is 19.1. The Morgan fingerprint density at radius 3 is 2.42 bits per heavy atom. The predicted molar refractivity (Wildman–Crippen MR) is 71.9 cm³/mol. The summed E-state index contributed by atoms with van der Waals surface area (Å²) in [5.41, 5.74) is 0.405. The van der Waals surface area contributed by atoms with Gasteiger partial charge >= 0.3 is 0 Å². The zero-order valence-electron chi connectivity index (χ0n) is 11.2. The molecule has 1 N–H and O–H groups in total. The van der Waals surface area contributed by atoms with Gasteiger partial charge in [0.2, 0.25) is 0 Å². The van der Waals surface area contributed by atoms with Gasteiger partial charge in [0.05, 0.1) is 6.10 Å². The van der Waals surface area contributed by atoms with E-state index in [0.29, 0.717) is 11.5 Å². The number of hydrogen-bond donors (Lipinski definition) is 1. The minimum Gasteiger partial charge on any atom is -0.393 e. The van der Waals surface area contributed by atoms with Crippen molar-refractivity contribution < 1.29 is 13.9 Å². The molecule has 1 nitrogen and oxygen atoms in total. The number of halogens is 2. The van der Waals surface area contributed by atoms with Crippen molar-refractivity contribution in [1.82, 2.24) is 0 Å². The van der Waals surface area contributed by atoms with Crippen LogP contribution in [0, 0.1) is 17.6 Å². The van der Waals surface area contributed by atoms with Crippen molar-refractivity contribution in [3.8, 4) is 0 Å². The molecule has 0 amide bonds. The summed E-state index contributed by atoms with van der Waals surface area (Å²) < 4.78 is 26.3. The largest absolute Gasteiger partial charge is 0.393 e. The molecule has 1 fully saturated rings. The molecule has 2 rings (SSSR count). The molecule has 0 saturated heterocycles. The first kappa shape index (κ1) is 14.4. The summed E-state index contributed by atoms with van der Waals surface area (Å²) in [5.74, 6) is -0.569. The van der Waals surface area contributed by atoms with Gasteiger partial charge in [0.15, 0.2) is 0 Å². The maximum atomic E-state index is 13.5. The van der Waals surface area contributed by atoms with E-state index in [1.807, 2.05) is 0 Å². The second kappa shape index (κ2) is 6.99. The van der Waals surface area contributed by atoms with Crippen molar-refractivity contribution >= 4 is 0 Å². The maximum Gasteiger partial charge on any atom is 0.129 e. The lowest BCUT2D eigenvalue weighted by Gasteiger charge is -2.18. The second-order valence-corrected chi connectivity index (χ2v) is 5.69. The fourth-order valence-corrected chi connectivity index (χ4v) is 3.01. The quantitative estimate of drug-likeness (QED) is 0.810. The molecule has 1 aliphatic rings. The first-order valence-electron chi connectivity index (χ1n) is 7.27. The molecule has 1 aliphatic carbocycles. The van der Waals surface area contributed by atoms with Crippen LogP contribution >= 0.6 is 0 Å². The molecule has 1 aromatic rings. The monoisotopic (exact) mass is 268 g/mol. The smallest absolute Gasteiger partial charge is 0.129 e. The van der Waals surface area contributed by atoms with Crippen LogP contribution in [0.2, 0.25) is 0 Å². The average molecular weight is 268 g/mol. The second-order valence-electron chi connectivity index (χ2n) is 5.69. The molecule has 1 aromatic carbocycles. The van der Waals surface area contributed by atoms with Crippen LogP contribution in [0.3, 0.4) is 0 Å². The number of aliphatic hydroxyl groups excluding tert-OH is 1. The average Bonchev–Trinajstić information content (AvgIpc) is 2.61. The summed E-state index contributed by atoms with van der Waals surface area (Å²) in [5, 5.41) is 10.1. The summed E-state index contributed by atoms with van der Waals surface area (Å²) >= 11 is 0. The summed E-state index contributed by atoms with van der Waals surface area (Å²) in [6.07, 6.45) is 7.89. The van der Waals surface area contributed by atoms with Crippen molar-refractivity contribution in [2.45, 2.75) is 57.5 Å². The van der Waals surface area contributed by atoms with Crippen LogP contribution in [-0.2, 0) is 6.42 Å². The molecule has 0 aromatic heterocycles. The third-order valence-electron chi connectivity index (χ3n) is 4.05. The normalized spacial score (nSPS) is 19.1. The zero-order chi connectivity index (χ0) is 13.7. The molecule has 1 unspecified atom stereocenters. The van der Waals surface area contributed by atoms with Crippen molar-refractivity contribution in [3.05, 3.63) is 35.4 Å².